The zero-order valence-corrected chi connectivity index (χ0v) is 62.1. The fraction of sp³-hybridized carbons (Fsp3) is 0.187. The van der Waals surface area contributed by atoms with Crippen LogP contribution in [0.25, 0.3) is 67.5 Å². The number of aromatic nitrogens is 12. The molecular formula is C75H69Cl5F7N19O. The number of nitrogens with two attached hydrogens (primary N) is 6. The minimum absolute atomic E-state index is 0.0406. The minimum Gasteiger partial charge on any atom is -0.497 e. The van der Waals surface area contributed by atoms with Crippen LogP contribution in [0, 0.1) is 34.6 Å². The molecule has 554 valence electrons. The Hall–Kier alpha value is -11.2. The van der Waals surface area contributed by atoms with E-state index in [0.717, 1.165) is 76.7 Å². The summed E-state index contributed by atoms with van der Waals surface area (Å²) in [4.78, 5) is 48.5. The van der Waals surface area contributed by atoms with E-state index < -0.39 is 23.4 Å². The molecule has 20 nitrogen and oxygen atoms in total. The van der Waals surface area contributed by atoms with E-state index in [0.29, 0.717) is 101 Å². The van der Waals surface area contributed by atoms with Crippen LogP contribution in [-0.2, 0) is 44.7 Å². The molecule has 0 saturated heterocycles. The first-order valence-corrected chi connectivity index (χ1v) is 34.3. The Bertz CT molecular complexity index is 4920. The summed E-state index contributed by atoms with van der Waals surface area (Å²) in [5, 5.41) is 11.5. The van der Waals surface area contributed by atoms with Gasteiger partial charge in [0.1, 0.15) is 29.0 Å². The first-order chi connectivity index (χ1) is 50.9. The first kappa shape index (κ1) is 83.1. The summed E-state index contributed by atoms with van der Waals surface area (Å²) < 4.78 is 97.9. The van der Waals surface area contributed by atoms with Crippen LogP contribution in [-0.4, -0.2) is 66.9 Å². The van der Waals surface area contributed by atoms with E-state index in [2.05, 4.69) is 59.8 Å². The second-order valence-electron chi connectivity index (χ2n) is 22.5. The van der Waals surface area contributed by atoms with Crippen molar-refractivity contribution in [1.29, 1.82) is 5.26 Å². The van der Waals surface area contributed by atoms with Gasteiger partial charge in [0, 0.05) is 77.6 Å². The Morgan fingerprint density at radius 2 is 0.636 bits per heavy atom. The van der Waals surface area contributed by atoms with Gasteiger partial charge in [-0.2, -0.15) is 18.4 Å². The monoisotopic (exact) mass is 1560 g/mol. The highest BCUT2D eigenvalue weighted by atomic mass is 35.5. The van der Waals surface area contributed by atoms with Gasteiger partial charge in [0.15, 0.2) is 0 Å². The van der Waals surface area contributed by atoms with Crippen LogP contribution in [0.15, 0.2) is 146 Å². The third-order valence-corrected chi connectivity index (χ3v) is 16.4. The molecule has 0 saturated carbocycles. The third kappa shape index (κ3) is 23.9. The van der Waals surface area contributed by atoms with Crippen LogP contribution in [0.1, 0.15) is 86.8 Å². The zero-order valence-electron chi connectivity index (χ0n) is 58.3. The number of nitrogen functional groups attached to an aromatic ring is 6. The number of rotatable bonds is 13. The Morgan fingerprint density at radius 3 is 1.00 bits per heavy atom. The number of nitrogens with zero attached hydrogens (tertiary/aromatic N) is 13. The predicted octanol–water partition coefficient (Wildman–Crippen LogP) is 18.5. The molecule has 0 atom stereocenters. The Labute approximate surface area is 636 Å². The standard InChI is InChI=1S/C13H14ClN3O.C13H11F4N3.C13H11FN4.C12H11Cl2N3.2C12H11ClFN3/c1-3-8-6-12(17-13(15)16-8)10-7-9(18-2)4-5-11(10)14;1-2-8-6-11(20-12(18)19-8)9-5-7(14)3-4-10(9)13(15,16)17;1-2-9-6-12(18-13(16)17-9)10-5-8(7-15)3-4-11(10)14;1-2-8-6-11(17-12(15)16-8)9-5-7(13)3-4-10(9)14;1-2-8-6-11(17-12(15)16-8)9-5-7(14)3-4-10(9)13;1-2-8-6-11(17-12(15)16-8)9-5-7(13)3-4-10(9)14/h4-7H,3H2,1-2H3,(H2,15,16,17);3-6H,2H2,1H3,(H2,18,19,20);3-6H,2H2,1H3,(H2,16,17,18);3*3-6H,2H2,1H3,(H2,15,16,17). The Morgan fingerprint density at radius 1 is 0.346 bits per heavy atom. The number of alkyl halides is 3. The molecule has 12 aromatic rings. The fourth-order valence-electron chi connectivity index (χ4n) is 9.70. The van der Waals surface area contributed by atoms with E-state index in [1.54, 1.807) is 62.6 Å². The maximum atomic E-state index is 13.7. The van der Waals surface area contributed by atoms with Gasteiger partial charge in [-0.1, -0.05) is 99.5 Å². The van der Waals surface area contributed by atoms with Gasteiger partial charge in [-0.25, -0.2) is 77.4 Å². The summed E-state index contributed by atoms with van der Waals surface area (Å²) in [5.74, 6) is -0.462. The van der Waals surface area contributed by atoms with E-state index in [9.17, 15) is 30.7 Å². The van der Waals surface area contributed by atoms with Crippen molar-refractivity contribution in [2.45, 2.75) is 86.2 Å². The molecule has 0 amide bonds. The molecule has 6 heterocycles. The lowest BCUT2D eigenvalue weighted by Gasteiger charge is -2.13. The number of nitriles is 1. The summed E-state index contributed by atoms with van der Waals surface area (Å²) in [6.07, 6.45) is -0.418. The van der Waals surface area contributed by atoms with Crippen molar-refractivity contribution in [3.05, 3.63) is 239 Å². The van der Waals surface area contributed by atoms with Crippen LogP contribution in [0.5, 0.6) is 5.75 Å². The fourth-order valence-corrected chi connectivity index (χ4v) is 10.7. The number of anilines is 6. The molecule has 6 aromatic carbocycles. The Kier molecular flexibility index (Phi) is 30.1. The summed E-state index contributed by atoms with van der Waals surface area (Å²) in [6.45, 7) is 11.6. The van der Waals surface area contributed by atoms with E-state index >= 15 is 0 Å². The molecule has 0 aliphatic heterocycles. The molecule has 0 spiro atoms. The normalized spacial score (nSPS) is 10.6. The molecule has 32 heteroatoms. The summed E-state index contributed by atoms with van der Waals surface area (Å²) in [7, 11) is 1.61. The van der Waals surface area contributed by atoms with Crippen molar-refractivity contribution in [2.24, 2.45) is 0 Å². The van der Waals surface area contributed by atoms with Crippen LogP contribution >= 0.6 is 58.0 Å². The number of ether oxygens (including phenoxy) is 1. The third-order valence-electron chi connectivity index (χ3n) is 14.9. The van der Waals surface area contributed by atoms with Crippen molar-refractivity contribution in [3.8, 4) is 79.4 Å². The molecule has 6 aromatic heterocycles. The van der Waals surface area contributed by atoms with Crippen LogP contribution in [0.2, 0.25) is 25.1 Å². The molecule has 12 N–H and O–H groups in total. The molecule has 12 rings (SSSR count). The van der Waals surface area contributed by atoms with Gasteiger partial charge in [0.05, 0.1) is 73.5 Å². The van der Waals surface area contributed by atoms with Gasteiger partial charge in [-0.15, -0.1) is 0 Å². The second-order valence-corrected chi connectivity index (χ2v) is 24.5. The quantitative estimate of drug-likeness (QED) is 0.0584. The highest BCUT2D eigenvalue weighted by molar-refractivity contribution is 6.35. The average Bonchev–Trinajstić information content (AvgIpc) is 0.828. The molecular weight excluding hydrogens is 1490 g/mol. The molecule has 0 aliphatic carbocycles. The second kappa shape index (κ2) is 38.7. The lowest BCUT2D eigenvalue weighted by Crippen LogP contribution is -2.09. The molecule has 0 aliphatic rings. The van der Waals surface area contributed by atoms with Crippen molar-refractivity contribution >= 4 is 93.7 Å². The SMILES string of the molecule is CCc1cc(-c2cc(C#N)ccc2F)nc(N)n1.CCc1cc(-c2cc(Cl)ccc2Cl)nc(N)n1.CCc1cc(-c2cc(Cl)ccc2F)nc(N)n1.CCc1cc(-c2cc(F)ccc2C(F)(F)F)nc(N)n1.CCc1cc(-c2cc(F)ccc2Cl)nc(N)n1.CCc1cc(-c2cc(OC)ccc2Cl)nc(N)n1. The number of aryl methyl sites for hydroxylation is 6. The summed E-state index contributed by atoms with van der Waals surface area (Å²) in [6, 6.07) is 37.7. The van der Waals surface area contributed by atoms with Gasteiger partial charge < -0.3 is 39.1 Å². The van der Waals surface area contributed by atoms with Crippen molar-refractivity contribution in [3.63, 3.8) is 0 Å². The maximum Gasteiger partial charge on any atom is 0.417 e. The van der Waals surface area contributed by atoms with Gasteiger partial charge in [0.25, 0.3) is 0 Å². The van der Waals surface area contributed by atoms with E-state index in [1.807, 2.05) is 58.9 Å². The summed E-state index contributed by atoms with van der Waals surface area (Å²) >= 11 is 30.1. The predicted molar refractivity (Wildman–Crippen MR) is 409 cm³/mol. The van der Waals surface area contributed by atoms with Gasteiger partial charge in [-0.05, 0) is 184 Å². The Balaban J connectivity index is 0.000000179. The van der Waals surface area contributed by atoms with Crippen LogP contribution in [0.4, 0.5) is 66.4 Å². The molecule has 0 radical (unpaired) electrons. The van der Waals surface area contributed by atoms with E-state index in [-0.39, 0.29) is 64.1 Å². The number of benzene rings is 6. The van der Waals surface area contributed by atoms with Crippen molar-refractivity contribution in [2.75, 3.05) is 41.5 Å². The van der Waals surface area contributed by atoms with Gasteiger partial charge in [-0.3, -0.25) is 0 Å². The molecule has 0 unspecified atom stereocenters. The van der Waals surface area contributed by atoms with Crippen molar-refractivity contribution in [1.82, 2.24) is 59.8 Å². The zero-order chi connectivity index (χ0) is 78.4. The summed E-state index contributed by atoms with van der Waals surface area (Å²) in [5.41, 5.74) is 42.7. The smallest absolute Gasteiger partial charge is 0.417 e. The van der Waals surface area contributed by atoms with Crippen LogP contribution < -0.4 is 39.1 Å². The molecule has 107 heavy (non-hydrogen) atoms. The highest BCUT2D eigenvalue weighted by Gasteiger charge is 2.34. The lowest BCUT2D eigenvalue weighted by molar-refractivity contribution is -0.137. The average molecular weight is 1560 g/mol. The number of hydrogen-bond donors (Lipinski definition) is 6. The number of methoxy groups -OCH3 is 1. The van der Waals surface area contributed by atoms with Gasteiger partial charge in [0.2, 0.25) is 35.7 Å². The number of halogens is 12. The topological polar surface area (TPSA) is 344 Å². The highest BCUT2D eigenvalue weighted by Crippen LogP contribution is 2.38. The largest absolute Gasteiger partial charge is 0.497 e. The lowest BCUT2D eigenvalue weighted by atomic mass is 10.0. The molecule has 0 fully saturated rings. The van der Waals surface area contributed by atoms with E-state index in [1.165, 1.54) is 60.7 Å². The van der Waals surface area contributed by atoms with E-state index in [4.69, 9.17) is 102 Å². The minimum atomic E-state index is -4.60. The van der Waals surface area contributed by atoms with Gasteiger partial charge >= 0.3 is 6.18 Å². The first-order valence-electron chi connectivity index (χ1n) is 32.5. The molecule has 0 bridgehead atoms. The maximum absolute atomic E-state index is 13.7. The number of hydrogen-bond acceptors (Lipinski definition) is 20. The van der Waals surface area contributed by atoms with Crippen molar-refractivity contribution < 1.29 is 35.5 Å². The van der Waals surface area contributed by atoms with Crippen LogP contribution in [0.3, 0.4) is 0 Å².